The van der Waals surface area contributed by atoms with Crippen LogP contribution in [0.3, 0.4) is 0 Å². The molecule has 5 aromatic rings. The smallest absolute Gasteiger partial charge is 0.309 e. The first kappa shape index (κ1) is 121. The molecule has 13 atom stereocenters. The van der Waals surface area contributed by atoms with Gasteiger partial charge in [-0.15, -0.1) is 0 Å². The topological polar surface area (TPSA) is 565 Å². The zero-order chi connectivity index (χ0) is 104. The number of nitrogens with two attached hydrogens (primary N) is 6. The molecule has 0 radical (unpaired) electrons. The van der Waals surface area contributed by atoms with Crippen LogP contribution in [-0.2, 0) is 123 Å². The van der Waals surface area contributed by atoms with E-state index in [2.05, 4.69) is 36.2 Å². The fraction of sp³-hybridized carbons (Fsp3) is 0.569. The Bertz CT molecular complexity index is 4630. The molecule has 141 heavy (non-hydrogen) atoms. The molecule has 4 aliphatic carbocycles. The highest BCUT2D eigenvalue weighted by molar-refractivity contribution is 5.98. The second-order valence-electron chi connectivity index (χ2n) is 38.2. The number of carbonyl (C=O) groups excluding carboxylic acids is 15. The minimum Gasteiger partial charge on any atom is -0.481 e. The van der Waals surface area contributed by atoms with Gasteiger partial charge in [-0.2, -0.15) is 0 Å². The zero-order valence-electron chi connectivity index (χ0n) is 84.0. The van der Waals surface area contributed by atoms with Gasteiger partial charge in [0.25, 0.3) is 0 Å². The number of primary amides is 3. The number of Topliss-reactive ketones (excluding diaryl/α,β-unsaturated/α-hetero) is 5. The summed E-state index contributed by atoms with van der Waals surface area (Å²) < 4.78 is 9.27. The Morgan fingerprint density at radius 2 is 0.752 bits per heavy atom. The first-order valence-electron chi connectivity index (χ1n) is 50.2. The van der Waals surface area contributed by atoms with E-state index in [1.807, 2.05) is 186 Å². The molecule has 32 nitrogen and oxygen atoms in total. The molecule has 0 spiro atoms. The molecule has 0 aromatic heterocycles. The van der Waals surface area contributed by atoms with Crippen LogP contribution >= 0.6 is 0 Å². The van der Waals surface area contributed by atoms with Crippen LogP contribution in [0.5, 0.6) is 0 Å². The van der Waals surface area contributed by atoms with Crippen LogP contribution in [0.2, 0.25) is 0 Å². The second kappa shape index (κ2) is 68.2. The number of carboxylic acids is 2. The Hall–Kier alpha value is -12.0. The van der Waals surface area contributed by atoms with Gasteiger partial charge >= 0.3 is 23.9 Å². The Labute approximate surface area is 832 Å². The summed E-state index contributed by atoms with van der Waals surface area (Å²) in [7, 11) is 2.73. The van der Waals surface area contributed by atoms with Crippen LogP contribution in [0.1, 0.15) is 256 Å². The largest absolute Gasteiger partial charge is 0.481 e. The average molecular weight is 1960 g/mol. The maximum absolute atomic E-state index is 14.4. The number of unbranched alkanes of at least 4 members (excludes halogenated alkanes) is 2. The van der Waals surface area contributed by atoms with Crippen molar-refractivity contribution in [3.63, 3.8) is 0 Å². The van der Waals surface area contributed by atoms with E-state index in [1.165, 1.54) is 78.4 Å². The summed E-state index contributed by atoms with van der Waals surface area (Å²) in [4.78, 5) is 209. The minimum absolute atomic E-state index is 0.0168. The quantitative estimate of drug-likeness (QED) is 0.00565. The number of aliphatic carboxylic acids is 2. The third-order valence-electron chi connectivity index (χ3n) is 27.5. The van der Waals surface area contributed by atoms with Gasteiger partial charge in [-0.25, -0.2) is 5.84 Å². The molecular formula is C109H159N11O21. The van der Waals surface area contributed by atoms with E-state index >= 15 is 0 Å². The maximum atomic E-state index is 14.4. The average Bonchev–Trinajstić information content (AvgIpc) is 1.40. The number of methoxy groups -OCH3 is 2. The molecule has 3 unspecified atom stereocenters. The summed E-state index contributed by atoms with van der Waals surface area (Å²) in [6, 6.07) is 43.4. The normalized spacial score (nSPS) is 16.2. The lowest BCUT2D eigenvalue weighted by Crippen LogP contribution is -2.49. The Balaban J connectivity index is 0.000000420. The van der Waals surface area contributed by atoms with Crippen molar-refractivity contribution in [1.82, 2.24) is 26.7 Å². The molecule has 5 aromatic carbocycles. The number of carbonyl (C=O) groups is 17. The van der Waals surface area contributed by atoms with Crippen molar-refractivity contribution < 1.29 is 101 Å². The summed E-state index contributed by atoms with van der Waals surface area (Å²) >= 11 is 0. The SMILES string of the molecule is CC(C(=O)NN)C1CCCC1.CCC(C)[C@H](CC(=O)[C@H](CC(N)=O)NC(=O)[C@H](CCCCCN)CC(=O)[C@H](Cc1ccccc1)NC(=O)[C@@H](CC(=O)CNC(=O)[C@@H](C)C1CCCC1)Cc1ccccc1)C(N)=O.COC(=O)C(CC(=O)O)Cc1ccccc1.COC(=O)[C@@H](C)C1CCCC1.C[C@H](C(=O)NCC(=O)C[C@@H](Cc1ccccc1)C(=O)O)C1CCCC1.NC(=O)CCC(=O)[C@@H](N)Cc1ccccc1. The standard InChI is InChI=1S/C48H70N6O8.C20H27NO4.C12H16N2O2.C12H14O4.C9H16O2.C8H16N2O/c1-4-31(2)39(45(51)59)28-43(57)41(29-44(50)58)54-47(61)36(22-12-7-15-23-49)27-42(56)40(25-34-18-10-6-11-19-34)53-48(62)37(24-33-16-8-5-9-17-33)26-38(55)30-52-46(60)32(3)35-20-13-14-21-35;1-14(16-9-5-6-10-16)19(23)21-13-18(22)12-17(20(24)25)11-15-7-3-2-4-8-15;13-10(11(15)6-7-12(14)16)8-9-4-2-1-3-5-9;1-16-12(15)10(8-11(13)14)7-9-5-3-2-4-6-9;1-7(9(10)11-2)8-5-3-4-6-8;1-6(8(11)10-9)7-4-2-3-5-7/h5-6,8-11,16-19,31-32,35-37,39-41H,4,7,12-15,20-30,49H2,1-3H3,(H2,50,58)(H2,51,59)(H,52,60)(H,53,62)(H,54,61);2-4,7-8,14,16-17H,5-6,9-13H2,1H3,(H,21,23)(H,24,25);1-5,10H,6-8,13H2,(H2,14,16);2-6,10H,7-8H2,1H3,(H,13,14);7-8H,3-6H2,1-2H3;6-7H,2-5,9H2,1H3,(H,10,11)/t31?,32-,36+,37+,39-,40-,41-;14-,17+;10-;;7-;/m000.0./s1. The molecule has 4 aliphatic rings. The van der Waals surface area contributed by atoms with Gasteiger partial charge in [-0.05, 0) is 160 Å². The summed E-state index contributed by atoms with van der Waals surface area (Å²) in [6.07, 6.45) is 21.3. The summed E-state index contributed by atoms with van der Waals surface area (Å²) in [5.74, 6) is -5.15. The van der Waals surface area contributed by atoms with Crippen LogP contribution in [0, 0.1) is 82.9 Å². The first-order valence-corrected chi connectivity index (χ1v) is 50.2. The van der Waals surface area contributed by atoms with E-state index in [0.717, 1.165) is 66.3 Å². The molecule has 9 rings (SSSR count). The molecule has 0 heterocycles. The summed E-state index contributed by atoms with van der Waals surface area (Å²) in [5, 5.41) is 29.1. The predicted octanol–water partition coefficient (Wildman–Crippen LogP) is 11.5. The van der Waals surface area contributed by atoms with Crippen LogP contribution in [0.4, 0.5) is 0 Å². The first-order chi connectivity index (χ1) is 67.3. The molecule has 0 aliphatic heterocycles. The van der Waals surface area contributed by atoms with Crippen LogP contribution < -0.4 is 61.2 Å². The van der Waals surface area contributed by atoms with Crippen LogP contribution in [0.25, 0.3) is 0 Å². The van der Waals surface area contributed by atoms with Crippen molar-refractivity contribution in [3.8, 4) is 0 Å². The fourth-order valence-corrected chi connectivity index (χ4v) is 18.4. The third-order valence-corrected chi connectivity index (χ3v) is 27.5. The number of esters is 2. The number of ketones is 5. The lowest BCUT2D eigenvalue weighted by Gasteiger charge is -2.26. The van der Waals surface area contributed by atoms with Gasteiger partial charge in [-0.3, -0.25) is 86.9 Å². The van der Waals surface area contributed by atoms with E-state index in [0.29, 0.717) is 69.2 Å². The molecular weight excluding hydrogens is 1800 g/mol. The van der Waals surface area contributed by atoms with Gasteiger partial charge in [0.2, 0.25) is 47.3 Å². The van der Waals surface area contributed by atoms with Crippen molar-refractivity contribution in [2.24, 2.45) is 117 Å². The monoisotopic (exact) mass is 1960 g/mol. The molecule has 4 saturated carbocycles. The fourth-order valence-electron chi connectivity index (χ4n) is 18.4. The van der Waals surface area contributed by atoms with Crippen molar-refractivity contribution >= 4 is 100 Å². The van der Waals surface area contributed by atoms with Crippen LogP contribution in [0.15, 0.2) is 152 Å². The van der Waals surface area contributed by atoms with E-state index in [1.54, 1.807) is 6.92 Å². The van der Waals surface area contributed by atoms with Gasteiger partial charge in [0, 0.05) is 74.0 Å². The molecule has 4 fully saturated rings. The maximum Gasteiger partial charge on any atom is 0.309 e. The number of hydrogen-bond donors (Lipinski definition) is 13. The number of nitrogens with one attached hydrogen (secondary N) is 5. The predicted molar refractivity (Wildman–Crippen MR) is 539 cm³/mol. The highest BCUT2D eigenvalue weighted by Crippen LogP contribution is 2.35. The minimum atomic E-state index is -1.35. The van der Waals surface area contributed by atoms with Gasteiger partial charge in [-0.1, -0.05) is 264 Å². The third kappa shape index (κ3) is 48.3. The molecule has 32 heteroatoms. The van der Waals surface area contributed by atoms with Crippen molar-refractivity contribution in [3.05, 3.63) is 179 Å². The van der Waals surface area contributed by atoms with Gasteiger partial charge in [0.1, 0.15) is 5.78 Å². The highest BCUT2D eigenvalue weighted by atomic mass is 16.5. The van der Waals surface area contributed by atoms with E-state index in [-0.39, 0.29) is 154 Å². The van der Waals surface area contributed by atoms with Crippen molar-refractivity contribution in [2.75, 3.05) is 33.9 Å². The molecule has 0 saturated heterocycles. The zero-order valence-corrected chi connectivity index (χ0v) is 84.0. The lowest BCUT2D eigenvalue weighted by atomic mass is 9.85. The van der Waals surface area contributed by atoms with Crippen LogP contribution in [-0.4, -0.2) is 162 Å². The summed E-state index contributed by atoms with van der Waals surface area (Å²) in [5.41, 5.74) is 34.1. The van der Waals surface area contributed by atoms with E-state index in [4.69, 9.17) is 39.6 Å². The Morgan fingerprint density at radius 1 is 0.383 bits per heavy atom. The number of hydrogen-bond acceptors (Lipinski definition) is 22. The van der Waals surface area contributed by atoms with Gasteiger partial charge in [0.15, 0.2) is 23.1 Å². The molecule has 19 N–H and O–H groups in total. The van der Waals surface area contributed by atoms with E-state index in [9.17, 15) is 86.6 Å². The van der Waals surface area contributed by atoms with E-state index < -0.39 is 113 Å². The number of hydrazine groups is 1. The molecule has 0 bridgehead atoms. The van der Waals surface area contributed by atoms with Gasteiger partial charge < -0.3 is 69.6 Å². The number of carboxylic acid groups (broad SMARTS) is 2. The summed E-state index contributed by atoms with van der Waals surface area (Å²) in [6.45, 7) is 11.5. The molecule has 776 valence electrons. The number of rotatable bonds is 54. The number of amides is 8. The highest BCUT2D eigenvalue weighted by Gasteiger charge is 2.38. The number of benzene rings is 5. The van der Waals surface area contributed by atoms with Crippen molar-refractivity contribution in [1.29, 1.82) is 0 Å². The van der Waals surface area contributed by atoms with Crippen molar-refractivity contribution in [2.45, 2.75) is 278 Å². The number of ether oxygens (including phenoxy) is 2. The Morgan fingerprint density at radius 3 is 1.13 bits per heavy atom. The molecule has 8 amide bonds. The second-order valence-corrected chi connectivity index (χ2v) is 38.2. The lowest BCUT2D eigenvalue weighted by molar-refractivity contribution is -0.150. The van der Waals surface area contributed by atoms with Gasteiger partial charge in [0.05, 0.1) is 76.0 Å². The Kier molecular flexibility index (Phi) is 58.6.